The molecular weight excluding hydrogens is 625 g/mol. The molecule has 2 amide bonds. The fourth-order valence-corrected chi connectivity index (χ4v) is 6.81. The van der Waals surface area contributed by atoms with Crippen molar-refractivity contribution in [2.75, 3.05) is 17.5 Å². The summed E-state index contributed by atoms with van der Waals surface area (Å²) in [5.74, 6) is -0.920. The highest BCUT2D eigenvalue weighted by Gasteiger charge is 2.33. The van der Waals surface area contributed by atoms with Gasteiger partial charge in [0.2, 0.25) is 11.8 Å². The second kappa shape index (κ2) is 14.2. The van der Waals surface area contributed by atoms with E-state index in [9.17, 15) is 22.4 Å². The van der Waals surface area contributed by atoms with Crippen LogP contribution in [0.15, 0.2) is 82.2 Å². The van der Waals surface area contributed by atoms with E-state index < -0.39 is 34.3 Å². The van der Waals surface area contributed by atoms with Crippen LogP contribution >= 0.6 is 15.9 Å². The minimum absolute atomic E-state index is 0.0542. The van der Waals surface area contributed by atoms with Crippen LogP contribution in [0, 0.1) is 5.82 Å². The monoisotopic (exact) mass is 659 g/mol. The second-order valence-electron chi connectivity index (χ2n) is 10.2. The number of nitrogens with one attached hydrogen (secondary N) is 1. The molecule has 0 bridgehead atoms. The van der Waals surface area contributed by atoms with Gasteiger partial charge in [-0.05, 0) is 92.9 Å². The third kappa shape index (κ3) is 7.89. The molecule has 1 aliphatic rings. The summed E-state index contributed by atoms with van der Waals surface area (Å²) in [5.41, 5.74) is 0.880. The van der Waals surface area contributed by atoms with E-state index in [-0.39, 0.29) is 29.1 Å². The highest BCUT2D eigenvalue weighted by molar-refractivity contribution is 9.10. The van der Waals surface area contributed by atoms with E-state index in [4.69, 9.17) is 4.74 Å². The molecule has 0 unspecified atom stereocenters. The molecule has 1 aliphatic carbocycles. The summed E-state index contributed by atoms with van der Waals surface area (Å²) in [7, 11) is -4.27. The standard InChI is InChI=1S/C31H35BrFN3O5S/c1-3-41-28-15-17-29(18-16-28)42(39,40)36(27-13-11-25(33)12-14-27)21-30(37)35(20-23-7-6-8-24(32)19-23)22(2)31(38)34-26-9-4-5-10-26/h6-8,11-19,22,26H,3-5,9-10,20-21H2,1-2H3,(H,34,38)/t22-/m0/s1. The molecule has 42 heavy (non-hydrogen) atoms. The number of rotatable bonds is 12. The molecule has 1 saturated carbocycles. The number of carbonyl (C=O) groups is 2. The fourth-order valence-electron chi connectivity index (χ4n) is 4.94. The molecule has 0 heterocycles. The zero-order valence-corrected chi connectivity index (χ0v) is 26.0. The van der Waals surface area contributed by atoms with Gasteiger partial charge in [0.05, 0.1) is 17.2 Å². The predicted octanol–water partition coefficient (Wildman–Crippen LogP) is 5.66. The van der Waals surface area contributed by atoms with Gasteiger partial charge < -0.3 is 15.0 Å². The summed E-state index contributed by atoms with van der Waals surface area (Å²) in [6.45, 7) is 3.36. The lowest BCUT2D eigenvalue weighted by molar-refractivity contribution is -0.139. The Balaban J connectivity index is 1.67. The van der Waals surface area contributed by atoms with Crippen LogP contribution in [0.1, 0.15) is 45.1 Å². The van der Waals surface area contributed by atoms with Gasteiger partial charge in [0.25, 0.3) is 10.0 Å². The summed E-state index contributed by atoms with van der Waals surface area (Å²) in [6.07, 6.45) is 3.85. The van der Waals surface area contributed by atoms with Crippen molar-refractivity contribution in [2.45, 2.75) is 63.1 Å². The van der Waals surface area contributed by atoms with Crippen molar-refractivity contribution in [3.05, 3.63) is 88.6 Å². The molecule has 1 atom stereocenters. The molecule has 3 aromatic rings. The highest BCUT2D eigenvalue weighted by atomic mass is 79.9. The lowest BCUT2D eigenvalue weighted by Crippen LogP contribution is -2.52. The van der Waals surface area contributed by atoms with Crippen molar-refractivity contribution in [3.63, 3.8) is 0 Å². The number of anilines is 1. The van der Waals surface area contributed by atoms with E-state index in [0.29, 0.717) is 12.4 Å². The molecule has 3 aromatic carbocycles. The molecule has 0 spiro atoms. The van der Waals surface area contributed by atoms with E-state index in [0.717, 1.165) is 52.2 Å². The lowest BCUT2D eigenvalue weighted by atomic mass is 10.1. The zero-order valence-electron chi connectivity index (χ0n) is 23.6. The first-order chi connectivity index (χ1) is 20.1. The average molecular weight is 661 g/mol. The number of ether oxygens (including phenoxy) is 1. The SMILES string of the molecule is CCOc1ccc(S(=O)(=O)N(CC(=O)N(Cc2cccc(Br)c2)[C@@H](C)C(=O)NC2CCCC2)c2ccc(F)cc2)cc1. The van der Waals surface area contributed by atoms with Gasteiger partial charge in [-0.1, -0.05) is 40.9 Å². The predicted molar refractivity (Wildman–Crippen MR) is 163 cm³/mol. The van der Waals surface area contributed by atoms with Crippen molar-refractivity contribution in [3.8, 4) is 5.75 Å². The molecule has 0 radical (unpaired) electrons. The lowest BCUT2D eigenvalue weighted by Gasteiger charge is -2.32. The molecule has 0 aromatic heterocycles. The van der Waals surface area contributed by atoms with Gasteiger partial charge in [0.15, 0.2) is 0 Å². The van der Waals surface area contributed by atoms with E-state index in [1.807, 2.05) is 31.2 Å². The van der Waals surface area contributed by atoms with Crippen molar-refractivity contribution in [1.82, 2.24) is 10.2 Å². The molecule has 11 heteroatoms. The van der Waals surface area contributed by atoms with Crippen LogP contribution in [0.3, 0.4) is 0 Å². The summed E-state index contributed by atoms with van der Waals surface area (Å²) in [4.78, 5) is 28.6. The third-order valence-corrected chi connectivity index (χ3v) is 9.51. The molecule has 8 nitrogen and oxygen atoms in total. The maximum atomic E-state index is 14.0. The van der Waals surface area contributed by atoms with Crippen LogP contribution < -0.4 is 14.4 Å². The first kappa shape index (κ1) is 31.5. The number of hydrogen-bond donors (Lipinski definition) is 1. The summed E-state index contributed by atoms with van der Waals surface area (Å²) in [5, 5.41) is 3.05. The normalized spacial score (nSPS) is 14.3. The Morgan fingerprint density at radius 1 is 1.05 bits per heavy atom. The van der Waals surface area contributed by atoms with Crippen LogP contribution in [-0.4, -0.2) is 50.4 Å². The Morgan fingerprint density at radius 2 is 1.71 bits per heavy atom. The fraction of sp³-hybridized carbons (Fsp3) is 0.355. The van der Waals surface area contributed by atoms with E-state index in [1.165, 1.54) is 41.3 Å². The largest absolute Gasteiger partial charge is 0.494 e. The van der Waals surface area contributed by atoms with Crippen molar-refractivity contribution < 1.29 is 27.1 Å². The smallest absolute Gasteiger partial charge is 0.264 e. The first-order valence-corrected chi connectivity index (χ1v) is 16.2. The molecular formula is C31H35BrFN3O5S. The van der Waals surface area contributed by atoms with Crippen LogP contribution in [0.2, 0.25) is 0 Å². The van der Waals surface area contributed by atoms with Gasteiger partial charge in [0, 0.05) is 17.1 Å². The molecule has 224 valence electrons. The minimum atomic E-state index is -4.27. The Morgan fingerprint density at radius 3 is 2.33 bits per heavy atom. The van der Waals surface area contributed by atoms with E-state index in [2.05, 4.69) is 21.2 Å². The van der Waals surface area contributed by atoms with Crippen LogP contribution in [0.5, 0.6) is 5.75 Å². The second-order valence-corrected chi connectivity index (χ2v) is 13.0. The van der Waals surface area contributed by atoms with Crippen LogP contribution in [-0.2, 0) is 26.2 Å². The number of nitrogens with zero attached hydrogens (tertiary/aromatic N) is 2. The van der Waals surface area contributed by atoms with Gasteiger partial charge in [0.1, 0.15) is 24.2 Å². The van der Waals surface area contributed by atoms with Gasteiger partial charge in [-0.25, -0.2) is 12.8 Å². The van der Waals surface area contributed by atoms with Crippen LogP contribution in [0.4, 0.5) is 10.1 Å². The summed E-state index contributed by atoms with van der Waals surface area (Å²) < 4.78 is 48.8. The Hall–Kier alpha value is -3.44. The van der Waals surface area contributed by atoms with Crippen molar-refractivity contribution >= 4 is 43.5 Å². The molecule has 4 rings (SSSR count). The number of halogens is 2. The Bertz CT molecular complexity index is 1480. The maximum absolute atomic E-state index is 14.0. The van der Waals surface area contributed by atoms with Crippen molar-refractivity contribution in [1.29, 1.82) is 0 Å². The van der Waals surface area contributed by atoms with Gasteiger partial charge in [-0.15, -0.1) is 0 Å². The Labute approximate surface area is 255 Å². The maximum Gasteiger partial charge on any atom is 0.264 e. The highest BCUT2D eigenvalue weighted by Crippen LogP contribution is 2.27. The third-order valence-electron chi connectivity index (χ3n) is 7.23. The number of hydrogen-bond acceptors (Lipinski definition) is 5. The van der Waals surface area contributed by atoms with Crippen LogP contribution in [0.25, 0.3) is 0 Å². The number of benzene rings is 3. The van der Waals surface area contributed by atoms with E-state index in [1.54, 1.807) is 6.92 Å². The first-order valence-electron chi connectivity index (χ1n) is 13.9. The molecule has 1 fully saturated rings. The summed E-state index contributed by atoms with van der Waals surface area (Å²) in [6, 6.07) is 17.3. The topological polar surface area (TPSA) is 96.0 Å². The minimum Gasteiger partial charge on any atom is -0.494 e. The van der Waals surface area contributed by atoms with Gasteiger partial charge >= 0.3 is 0 Å². The van der Waals surface area contributed by atoms with Gasteiger partial charge in [-0.3, -0.25) is 13.9 Å². The van der Waals surface area contributed by atoms with Crippen molar-refractivity contribution in [2.24, 2.45) is 0 Å². The number of sulfonamides is 1. The molecule has 1 N–H and O–H groups in total. The Kier molecular flexibility index (Phi) is 10.6. The van der Waals surface area contributed by atoms with E-state index >= 15 is 0 Å². The van der Waals surface area contributed by atoms with Gasteiger partial charge in [-0.2, -0.15) is 0 Å². The number of carbonyl (C=O) groups excluding carboxylic acids is 2. The number of amides is 2. The summed E-state index contributed by atoms with van der Waals surface area (Å²) >= 11 is 3.45. The average Bonchev–Trinajstić information content (AvgIpc) is 3.48. The quantitative estimate of drug-likeness (QED) is 0.271. The molecule has 0 saturated heterocycles. The molecule has 0 aliphatic heterocycles. The zero-order chi connectivity index (χ0) is 30.3.